The summed E-state index contributed by atoms with van der Waals surface area (Å²) < 4.78 is 0.138. The number of hydrogen-bond donors (Lipinski definition) is 1. The number of fused-ring (bicyclic) bond motifs is 1. The van der Waals surface area contributed by atoms with Gasteiger partial charge in [0.1, 0.15) is 0 Å². The second-order valence-electron chi connectivity index (χ2n) is 6.90. The monoisotopic (exact) mass is 445 g/mol. The lowest BCUT2D eigenvalue weighted by Gasteiger charge is -2.40. The largest absolute Gasteiger partial charge is 0.385 e. The quantitative estimate of drug-likeness (QED) is 0.334. The predicted octanol–water partition coefficient (Wildman–Crippen LogP) is 5.15. The van der Waals surface area contributed by atoms with Crippen LogP contribution in [-0.4, -0.2) is 28.2 Å². The summed E-state index contributed by atoms with van der Waals surface area (Å²) in [6, 6.07) is 24.8. The van der Waals surface area contributed by atoms with E-state index in [1.807, 2.05) is 37.3 Å². The van der Waals surface area contributed by atoms with Crippen molar-refractivity contribution in [2.45, 2.75) is 22.5 Å². The number of hydrogen-bond acceptors (Lipinski definition) is 2. The molecule has 0 spiro atoms. The van der Waals surface area contributed by atoms with Gasteiger partial charge in [-0.15, -0.1) is 0 Å². The van der Waals surface area contributed by atoms with E-state index in [0.717, 1.165) is 5.56 Å². The second kappa shape index (κ2) is 7.44. The van der Waals surface area contributed by atoms with Crippen molar-refractivity contribution < 1.29 is 5.11 Å². The van der Waals surface area contributed by atoms with Crippen LogP contribution in [0.5, 0.6) is 0 Å². The number of nitrogens with zero attached hydrogens (tertiary/aromatic N) is 1. The lowest BCUT2D eigenvalue weighted by atomic mass is 9.77. The van der Waals surface area contributed by atoms with E-state index >= 15 is 0 Å². The number of alkyl halides is 1. The third-order valence-corrected chi connectivity index (χ3v) is 6.72. The van der Waals surface area contributed by atoms with Gasteiger partial charge in [0, 0.05) is 5.92 Å². The summed E-state index contributed by atoms with van der Waals surface area (Å²) in [6.45, 7) is 1.93. The van der Waals surface area contributed by atoms with Crippen LogP contribution in [0.2, 0.25) is 0 Å². The Labute approximate surface area is 163 Å². The summed E-state index contributed by atoms with van der Waals surface area (Å²) in [5, 5.41) is 14.1. The maximum absolute atomic E-state index is 11.6. The van der Waals surface area contributed by atoms with Gasteiger partial charge in [0.2, 0.25) is 0 Å². The highest BCUT2D eigenvalue weighted by atomic mass is 127. The number of likely N-dealkylation sites (N-methyl/N-ethyl adjacent to an activating group) is 1. The Morgan fingerprint density at radius 2 is 1.48 bits per heavy atom. The summed E-state index contributed by atoms with van der Waals surface area (Å²) in [4.78, 5) is 2.17. The van der Waals surface area contributed by atoms with Crippen LogP contribution in [0.3, 0.4) is 0 Å². The van der Waals surface area contributed by atoms with E-state index in [4.69, 9.17) is 0 Å². The highest BCUT2D eigenvalue weighted by Gasteiger charge is 2.40. The zero-order valence-corrected chi connectivity index (χ0v) is 17.0. The highest BCUT2D eigenvalue weighted by Crippen LogP contribution is 2.44. The van der Waals surface area contributed by atoms with E-state index in [0.29, 0.717) is 0 Å². The Morgan fingerprint density at radius 3 is 2.16 bits per heavy atom. The number of rotatable bonds is 5. The molecule has 0 heterocycles. The van der Waals surface area contributed by atoms with Crippen LogP contribution >= 0.6 is 22.6 Å². The van der Waals surface area contributed by atoms with E-state index in [1.165, 1.54) is 16.3 Å². The van der Waals surface area contributed by atoms with E-state index in [1.54, 1.807) is 0 Å². The smallest absolute Gasteiger partial charge is 0.0959 e. The number of halogens is 1. The molecule has 0 bridgehead atoms. The van der Waals surface area contributed by atoms with Gasteiger partial charge in [-0.3, -0.25) is 4.90 Å². The first-order valence-electron chi connectivity index (χ1n) is 8.49. The Kier molecular flexibility index (Phi) is 5.46. The molecule has 0 aliphatic rings. The van der Waals surface area contributed by atoms with Crippen LogP contribution in [0, 0.1) is 0 Å². The molecule has 3 aromatic rings. The molecule has 0 amide bonds. The summed E-state index contributed by atoms with van der Waals surface area (Å²) in [5.74, 6) is -0.0726. The summed E-state index contributed by atoms with van der Waals surface area (Å²) in [6.07, 6.45) is 0. The van der Waals surface area contributed by atoms with Gasteiger partial charge in [0.25, 0.3) is 0 Å². The van der Waals surface area contributed by atoms with Gasteiger partial charge in [-0.25, -0.2) is 0 Å². The van der Waals surface area contributed by atoms with Crippen LogP contribution in [0.1, 0.15) is 24.0 Å². The molecule has 0 fully saturated rings. The normalized spacial score (nSPS) is 16.6. The summed E-state index contributed by atoms with van der Waals surface area (Å²) in [7, 11) is 4.13. The fraction of sp³-hybridized carbons (Fsp3) is 0.273. The number of aliphatic hydroxyl groups is 1. The lowest BCUT2D eigenvalue weighted by Crippen LogP contribution is -2.41. The first-order chi connectivity index (χ1) is 11.9. The van der Waals surface area contributed by atoms with Crippen molar-refractivity contribution in [2.75, 3.05) is 14.1 Å². The van der Waals surface area contributed by atoms with Gasteiger partial charge >= 0.3 is 0 Å². The van der Waals surface area contributed by atoms with Crippen molar-refractivity contribution in [3.05, 3.63) is 83.9 Å². The van der Waals surface area contributed by atoms with Crippen LogP contribution in [0.25, 0.3) is 10.8 Å². The van der Waals surface area contributed by atoms with Gasteiger partial charge < -0.3 is 5.11 Å². The summed E-state index contributed by atoms with van der Waals surface area (Å²) >= 11 is 2.45. The Bertz CT molecular complexity index is 840. The Morgan fingerprint density at radius 1 is 0.880 bits per heavy atom. The zero-order valence-electron chi connectivity index (χ0n) is 14.9. The minimum absolute atomic E-state index is 0.0726. The first kappa shape index (κ1) is 18.4. The molecule has 2 nitrogen and oxygen atoms in total. The maximum atomic E-state index is 11.6. The molecule has 3 atom stereocenters. The molecule has 0 aromatic heterocycles. The molecule has 3 heteroatoms. The highest BCUT2D eigenvalue weighted by molar-refractivity contribution is 14.1. The second-order valence-corrected chi connectivity index (χ2v) is 8.17. The third-order valence-electron chi connectivity index (χ3n) is 4.89. The topological polar surface area (TPSA) is 23.5 Å². The van der Waals surface area contributed by atoms with Crippen molar-refractivity contribution in [1.29, 1.82) is 0 Å². The molecule has 0 aliphatic carbocycles. The van der Waals surface area contributed by atoms with E-state index in [-0.39, 0.29) is 9.97 Å². The Hall–Kier alpha value is -1.43. The van der Waals surface area contributed by atoms with Gasteiger partial charge in [0.15, 0.2) is 0 Å². The van der Waals surface area contributed by atoms with Crippen molar-refractivity contribution >= 4 is 33.4 Å². The molecule has 3 rings (SSSR count). The minimum atomic E-state index is -0.985. The molecule has 0 saturated heterocycles. The lowest BCUT2D eigenvalue weighted by molar-refractivity contribution is 0.0152. The number of benzene rings is 3. The molecule has 3 unspecified atom stereocenters. The zero-order chi connectivity index (χ0) is 18.0. The average molecular weight is 445 g/mol. The van der Waals surface area contributed by atoms with Gasteiger partial charge in [-0.2, -0.15) is 0 Å². The fourth-order valence-corrected chi connectivity index (χ4v) is 4.58. The van der Waals surface area contributed by atoms with Crippen LogP contribution < -0.4 is 0 Å². The van der Waals surface area contributed by atoms with E-state index < -0.39 is 5.60 Å². The van der Waals surface area contributed by atoms with Crippen molar-refractivity contribution in [3.63, 3.8) is 0 Å². The van der Waals surface area contributed by atoms with Crippen molar-refractivity contribution in [1.82, 2.24) is 4.90 Å². The molecule has 1 N–H and O–H groups in total. The molecule has 25 heavy (non-hydrogen) atoms. The standard InChI is InChI=1S/C22H24INO/c1-22(25,17-12-5-4-6-13-17)20(21(23)24(2)3)19-15-9-11-16-10-7-8-14-18(16)19/h4-15,20-21,25H,1-3H3. The maximum Gasteiger partial charge on any atom is 0.0959 e. The predicted molar refractivity (Wildman–Crippen MR) is 114 cm³/mol. The molecule has 0 aliphatic heterocycles. The molecular weight excluding hydrogens is 421 g/mol. The molecule has 130 valence electrons. The first-order valence-corrected chi connectivity index (χ1v) is 9.73. The van der Waals surface area contributed by atoms with Gasteiger partial charge in [0.05, 0.1) is 9.65 Å². The van der Waals surface area contributed by atoms with Crippen LogP contribution in [0.4, 0.5) is 0 Å². The Balaban J connectivity index is 2.22. The van der Waals surface area contributed by atoms with Crippen LogP contribution in [-0.2, 0) is 5.60 Å². The van der Waals surface area contributed by atoms with E-state index in [9.17, 15) is 5.11 Å². The third kappa shape index (κ3) is 3.59. The summed E-state index contributed by atoms with van der Waals surface area (Å²) in [5.41, 5.74) is 1.14. The van der Waals surface area contributed by atoms with Crippen molar-refractivity contribution in [2.24, 2.45) is 0 Å². The fourth-order valence-electron chi connectivity index (χ4n) is 3.49. The average Bonchev–Trinajstić information content (AvgIpc) is 2.62. The molecular formula is C22H24INO. The van der Waals surface area contributed by atoms with Gasteiger partial charge in [-0.05, 0) is 42.9 Å². The van der Waals surface area contributed by atoms with E-state index in [2.05, 4.69) is 84.1 Å². The van der Waals surface area contributed by atoms with Gasteiger partial charge in [-0.1, -0.05) is 95.4 Å². The van der Waals surface area contributed by atoms with Crippen molar-refractivity contribution in [3.8, 4) is 0 Å². The molecule has 0 saturated carbocycles. The molecule has 3 aromatic carbocycles. The SMILES string of the molecule is CN(C)C(I)C(c1cccc2ccccc12)C(C)(O)c1ccccc1. The van der Waals surface area contributed by atoms with Crippen LogP contribution in [0.15, 0.2) is 72.8 Å². The molecule has 0 radical (unpaired) electrons. The minimum Gasteiger partial charge on any atom is -0.385 e.